The Morgan fingerprint density at radius 3 is 2.52 bits per heavy atom. The molecule has 0 aliphatic rings. The highest BCUT2D eigenvalue weighted by atomic mass is 16.5. The lowest BCUT2D eigenvalue weighted by Gasteiger charge is -2.13. The van der Waals surface area contributed by atoms with Crippen LogP contribution < -0.4 is 20.7 Å². The molecule has 0 aliphatic heterocycles. The van der Waals surface area contributed by atoms with Crippen molar-refractivity contribution in [2.24, 2.45) is 4.99 Å². The highest BCUT2D eigenvalue weighted by Crippen LogP contribution is 2.07. The molecule has 0 bridgehead atoms. The maximum absolute atomic E-state index is 11.5. The Kier molecular flexibility index (Phi) is 9.28. The molecular formula is C17H28N4O2. The van der Waals surface area contributed by atoms with Gasteiger partial charge in [-0.1, -0.05) is 18.2 Å². The van der Waals surface area contributed by atoms with Gasteiger partial charge in [0, 0.05) is 32.6 Å². The predicted octanol–water partition coefficient (Wildman–Crippen LogP) is 1.54. The van der Waals surface area contributed by atoms with Crippen molar-refractivity contribution in [2.75, 3.05) is 26.7 Å². The van der Waals surface area contributed by atoms with Crippen LogP contribution in [0.15, 0.2) is 35.3 Å². The van der Waals surface area contributed by atoms with Crippen LogP contribution in [0, 0.1) is 0 Å². The molecule has 6 nitrogen and oxygen atoms in total. The Hall–Kier alpha value is -2.24. The van der Waals surface area contributed by atoms with Gasteiger partial charge in [0.25, 0.3) is 0 Å². The lowest BCUT2D eigenvalue weighted by atomic mass is 10.3. The number of para-hydroxylation sites is 1. The van der Waals surface area contributed by atoms with Crippen molar-refractivity contribution in [1.82, 2.24) is 16.0 Å². The summed E-state index contributed by atoms with van der Waals surface area (Å²) >= 11 is 0. The van der Waals surface area contributed by atoms with Crippen molar-refractivity contribution in [2.45, 2.75) is 32.7 Å². The molecule has 3 N–H and O–H groups in total. The zero-order chi connectivity index (χ0) is 16.9. The van der Waals surface area contributed by atoms with Crippen molar-refractivity contribution in [3.05, 3.63) is 30.3 Å². The number of carbonyl (C=O) groups is 1. The van der Waals surface area contributed by atoms with E-state index in [1.165, 1.54) is 0 Å². The zero-order valence-electron chi connectivity index (χ0n) is 14.3. The largest absolute Gasteiger partial charge is 0.494 e. The molecule has 128 valence electrons. The molecule has 1 amide bonds. The number of nitrogens with one attached hydrogen (secondary N) is 3. The minimum Gasteiger partial charge on any atom is -0.494 e. The van der Waals surface area contributed by atoms with Crippen molar-refractivity contribution in [3.63, 3.8) is 0 Å². The van der Waals surface area contributed by atoms with Gasteiger partial charge in [0.2, 0.25) is 5.91 Å². The summed E-state index contributed by atoms with van der Waals surface area (Å²) in [6.07, 6.45) is 1.29. The van der Waals surface area contributed by atoms with E-state index in [4.69, 9.17) is 4.74 Å². The maximum Gasteiger partial charge on any atom is 0.221 e. The molecule has 23 heavy (non-hydrogen) atoms. The molecule has 0 saturated heterocycles. The highest BCUT2D eigenvalue weighted by molar-refractivity contribution is 5.81. The van der Waals surface area contributed by atoms with Gasteiger partial charge in [-0.05, 0) is 32.4 Å². The minimum atomic E-state index is 0.0409. The summed E-state index contributed by atoms with van der Waals surface area (Å²) in [4.78, 5) is 15.7. The Bertz CT molecular complexity index is 475. The van der Waals surface area contributed by atoms with Crippen molar-refractivity contribution in [1.29, 1.82) is 0 Å². The molecule has 6 heteroatoms. The number of guanidine groups is 1. The van der Waals surface area contributed by atoms with Crippen LogP contribution >= 0.6 is 0 Å². The number of hydrogen-bond acceptors (Lipinski definition) is 3. The molecule has 0 fully saturated rings. The first-order valence-corrected chi connectivity index (χ1v) is 8.03. The molecule has 0 saturated carbocycles. The molecule has 0 heterocycles. The van der Waals surface area contributed by atoms with Gasteiger partial charge in [0.1, 0.15) is 5.75 Å². The Labute approximate surface area is 138 Å². The van der Waals surface area contributed by atoms with E-state index in [0.29, 0.717) is 25.5 Å². The first-order chi connectivity index (χ1) is 11.1. The third-order valence-electron chi connectivity index (χ3n) is 2.94. The standard InChI is InChI=1S/C17H28N4O2/c1-14(2)21-16(22)10-12-20-17(18-3)19-11-7-13-23-15-8-5-4-6-9-15/h4-6,8-9,14H,7,10-13H2,1-3H3,(H,21,22)(H2,18,19,20). The normalized spacial score (nSPS) is 11.2. The molecule has 0 atom stereocenters. The molecule has 0 unspecified atom stereocenters. The number of carbonyl (C=O) groups excluding carboxylic acids is 1. The summed E-state index contributed by atoms with van der Waals surface area (Å²) in [5.74, 6) is 1.62. The number of nitrogens with zero attached hydrogens (tertiary/aromatic N) is 1. The molecule has 0 spiro atoms. The number of ether oxygens (including phenoxy) is 1. The van der Waals surface area contributed by atoms with Crippen LogP contribution in [0.2, 0.25) is 0 Å². The quantitative estimate of drug-likeness (QED) is 0.366. The van der Waals surface area contributed by atoms with Crippen molar-refractivity contribution < 1.29 is 9.53 Å². The fraction of sp³-hybridized carbons (Fsp3) is 0.529. The number of hydrogen-bond donors (Lipinski definition) is 3. The third-order valence-corrected chi connectivity index (χ3v) is 2.94. The summed E-state index contributed by atoms with van der Waals surface area (Å²) in [5, 5.41) is 9.17. The molecule has 1 rings (SSSR count). The Morgan fingerprint density at radius 1 is 1.17 bits per heavy atom. The number of aliphatic imine (C=N–C) groups is 1. The van der Waals surface area contributed by atoms with Crippen LogP contribution in [0.5, 0.6) is 5.75 Å². The van der Waals surface area contributed by atoms with Gasteiger partial charge in [-0.2, -0.15) is 0 Å². The molecule has 0 radical (unpaired) electrons. The molecule has 0 aliphatic carbocycles. The first-order valence-electron chi connectivity index (χ1n) is 8.03. The summed E-state index contributed by atoms with van der Waals surface area (Å²) in [7, 11) is 1.71. The fourth-order valence-corrected chi connectivity index (χ4v) is 1.89. The van der Waals surface area contributed by atoms with Crippen LogP contribution in [-0.2, 0) is 4.79 Å². The van der Waals surface area contributed by atoms with E-state index in [1.54, 1.807) is 7.05 Å². The average Bonchev–Trinajstić information content (AvgIpc) is 2.53. The van der Waals surface area contributed by atoms with E-state index in [0.717, 1.165) is 18.7 Å². The highest BCUT2D eigenvalue weighted by Gasteiger charge is 2.03. The second kappa shape index (κ2) is 11.3. The van der Waals surface area contributed by atoms with Crippen LogP contribution in [0.3, 0.4) is 0 Å². The van der Waals surface area contributed by atoms with E-state index in [1.807, 2.05) is 44.2 Å². The predicted molar refractivity (Wildman–Crippen MR) is 93.8 cm³/mol. The van der Waals surface area contributed by atoms with Crippen LogP contribution in [0.25, 0.3) is 0 Å². The zero-order valence-corrected chi connectivity index (χ0v) is 14.3. The SMILES string of the molecule is CN=C(NCCCOc1ccccc1)NCCC(=O)NC(C)C. The van der Waals surface area contributed by atoms with Gasteiger partial charge >= 0.3 is 0 Å². The van der Waals surface area contributed by atoms with Crippen molar-refractivity contribution >= 4 is 11.9 Å². The third kappa shape index (κ3) is 9.39. The minimum absolute atomic E-state index is 0.0409. The lowest BCUT2D eigenvalue weighted by Crippen LogP contribution is -2.40. The monoisotopic (exact) mass is 320 g/mol. The molecule has 1 aromatic rings. The van der Waals surface area contributed by atoms with E-state index in [2.05, 4.69) is 20.9 Å². The summed E-state index contributed by atoms with van der Waals surface area (Å²) < 4.78 is 5.62. The number of amides is 1. The Balaban J connectivity index is 2.09. The van der Waals surface area contributed by atoms with E-state index >= 15 is 0 Å². The topological polar surface area (TPSA) is 74.8 Å². The van der Waals surface area contributed by atoms with Gasteiger partial charge in [-0.3, -0.25) is 9.79 Å². The van der Waals surface area contributed by atoms with Gasteiger partial charge in [-0.15, -0.1) is 0 Å². The molecular weight excluding hydrogens is 292 g/mol. The van der Waals surface area contributed by atoms with Gasteiger partial charge < -0.3 is 20.7 Å². The van der Waals surface area contributed by atoms with Gasteiger partial charge in [0.15, 0.2) is 5.96 Å². The van der Waals surface area contributed by atoms with E-state index < -0.39 is 0 Å². The van der Waals surface area contributed by atoms with E-state index in [-0.39, 0.29) is 11.9 Å². The summed E-state index contributed by atoms with van der Waals surface area (Å²) in [6.45, 7) is 5.85. The van der Waals surface area contributed by atoms with Crippen LogP contribution in [0.1, 0.15) is 26.7 Å². The van der Waals surface area contributed by atoms with Gasteiger partial charge in [-0.25, -0.2) is 0 Å². The summed E-state index contributed by atoms with van der Waals surface area (Å²) in [5.41, 5.74) is 0. The Morgan fingerprint density at radius 2 is 1.87 bits per heavy atom. The van der Waals surface area contributed by atoms with Crippen LogP contribution in [0.4, 0.5) is 0 Å². The average molecular weight is 320 g/mol. The van der Waals surface area contributed by atoms with Crippen LogP contribution in [-0.4, -0.2) is 44.7 Å². The number of rotatable bonds is 9. The first kappa shape index (κ1) is 18.8. The van der Waals surface area contributed by atoms with Gasteiger partial charge in [0.05, 0.1) is 6.61 Å². The van der Waals surface area contributed by atoms with Crippen molar-refractivity contribution in [3.8, 4) is 5.75 Å². The lowest BCUT2D eigenvalue weighted by molar-refractivity contribution is -0.121. The fourth-order valence-electron chi connectivity index (χ4n) is 1.89. The number of benzene rings is 1. The second-order valence-corrected chi connectivity index (χ2v) is 5.41. The maximum atomic E-state index is 11.5. The smallest absolute Gasteiger partial charge is 0.221 e. The summed E-state index contributed by atoms with van der Waals surface area (Å²) in [6, 6.07) is 9.92. The molecule has 0 aromatic heterocycles. The second-order valence-electron chi connectivity index (χ2n) is 5.41. The molecule has 1 aromatic carbocycles. The van der Waals surface area contributed by atoms with E-state index in [9.17, 15) is 4.79 Å².